The van der Waals surface area contributed by atoms with Gasteiger partial charge >= 0.3 is 0 Å². The summed E-state index contributed by atoms with van der Waals surface area (Å²) in [6.07, 6.45) is 0.715. The van der Waals surface area contributed by atoms with E-state index in [0.29, 0.717) is 12.1 Å². The zero-order chi connectivity index (χ0) is 12.1. The molecule has 0 fully saturated rings. The van der Waals surface area contributed by atoms with Crippen molar-refractivity contribution in [2.45, 2.75) is 6.42 Å². The van der Waals surface area contributed by atoms with Gasteiger partial charge in [-0.3, -0.25) is 4.72 Å². The molecule has 0 aromatic heterocycles. The van der Waals surface area contributed by atoms with Crippen molar-refractivity contribution in [1.29, 1.82) is 0 Å². The Morgan fingerprint density at radius 2 is 1.50 bits per heavy atom. The van der Waals surface area contributed by atoms with Gasteiger partial charge in [0.2, 0.25) is 10.9 Å². The van der Waals surface area contributed by atoms with Crippen LogP contribution in [0.4, 0.5) is 5.69 Å². The molecule has 0 saturated heterocycles. The van der Waals surface area contributed by atoms with Crippen molar-refractivity contribution in [3.8, 4) is 0 Å². The topological polar surface area (TPSA) is 46.2 Å². The molecule has 0 spiro atoms. The van der Waals surface area contributed by atoms with Gasteiger partial charge < -0.3 is 0 Å². The molecule has 1 radical (unpaired) electrons. The van der Waals surface area contributed by atoms with Crippen LogP contribution in [-0.4, -0.2) is 38.0 Å². The second-order valence-electron chi connectivity index (χ2n) is 3.69. The van der Waals surface area contributed by atoms with Gasteiger partial charge in [0.1, 0.15) is 0 Å². The van der Waals surface area contributed by atoms with Gasteiger partial charge in [0.05, 0.1) is 5.69 Å². The molecule has 0 saturated carbocycles. The molecule has 5 heteroatoms. The predicted octanol–water partition coefficient (Wildman–Crippen LogP) is 1.83. The van der Waals surface area contributed by atoms with E-state index in [4.69, 9.17) is 0 Å². The summed E-state index contributed by atoms with van der Waals surface area (Å²) in [5.41, 5.74) is 2.77. The van der Waals surface area contributed by atoms with Crippen molar-refractivity contribution < 1.29 is 8.42 Å². The first kappa shape index (κ1) is 15.2. The third kappa shape index (κ3) is 4.46. The summed E-state index contributed by atoms with van der Waals surface area (Å²) >= 11 is 0. The molecule has 3 nitrogen and oxygen atoms in total. The van der Waals surface area contributed by atoms with E-state index in [0.717, 1.165) is 11.1 Å². The van der Waals surface area contributed by atoms with Crippen LogP contribution in [0.15, 0.2) is 54.6 Å². The first-order valence-electron chi connectivity index (χ1n) is 5.28. The van der Waals surface area contributed by atoms with Gasteiger partial charge in [-0.1, -0.05) is 48.5 Å². The van der Waals surface area contributed by atoms with Crippen LogP contribution in [0.3, 0.4) is 0 Å². The molecule has 0 aliphatic rings. The second kappa shape index (κ2) is 7.59. The number of para-hydroxylation sites is 1. The minimum absolute atomic E-state index is 0. The third-order valence-electron chi connectivity index (χ3n) is 2.47. The van der Waals surface area contributed by atoms with Gasteiger partial charge in [-0.25, -0.2) is 8.42 Å². The van der Waals surface area contributed by atoms with Crippen LogP contribution in [-0.2, 0) is 17.3 Å². The summed E-state index contributed by atoms with van der Waals surface area (Å²) in [5, 5.41) is 0. The maximum absolute atomic E-state index is 10.7. The molecular weight excluding hydrogens is 257 g/mol. The van der Waals surface area contributed by atoms with E-state index in [9.17, 15) is 8.42 Å². The van der Waals surface area contributed by atoms with Gasteiger partial charge in [0.25, 0.3) is 0 Å². The predicted molar refractivity (Wildman–Crippen MR) is 75.4 cm³/mol. The van der Waals surface area contributed by atoms with E-state index in [1.165, 1.54) is 0 Å². The van der Waals surface area contributed by atoms with Crippen LogP contribution in [0, 0.1) is 0 Å². The molecule has 0 amide bonds. The number of hydrogen-bond acceptors (Lipinski definition) is 2. The largest absolute Gasteiger partial charge is 0.285 e. The Bertz CT molecular complexity index is 562. The number of hydrogen-bond donors (Lipinski definition) is 2. The summed E-state index contributed by atoms with van der Waals surface area (Å²) < 4.78 is 23.8. The molecular formula is C13H13NNaO2S. The number of anilines is 1. The molecule has 0 aliphatic carbocycles. The Balaban J connectivity index is 0.00000162. The number of thiol groups is 1. The zero-order valence-corrected chi connectivity index (χ0v) is 13.1. The van der Waals surface area contributed by atoms with Crippen molar-refractivity contribution in [2.75, 3.05) is 4.72 Å². The molecule has 89 valence electrons. The number of nitrogens with one attached hydrogen (secondary N) is 1. The molecule has 2 aromatic rings. The van der Waals surface area contributed by atoms with Crippen LogP contribution in [0.25, 0.3) is 0 Å². The third-order valence-corrected chi connectivity index (χ3v) is 2.89. The van der Waals surface area contributed by atoms with Crippen LogP contribution < -0.4 is 4.72 Å². The monoisotopic (exact) mass is 270 g/mol. The summed E-state index contributed by atoms with van der Waals surface area (Å²) in [4.78, 5) is 0. The minimum Gasteiger partial charge on any atom is -0.285 e. The van der Waals surface area contributed by atoms with Crippen molar-refractivity contribution in [1.82, 2.24) is 0 Å². The molecule has 0 heterocycles. The Kier molecular flexibility index (Phi) is 6.43. The van der Waals surface area contributed by atoms with E-state index < -0.39 is 10.9 Å². The quantitative estimate of drug-likeness (QED) is 0.658. The average Bonchev–Trinajstić information content (AvgIpc) is 2.32. The maximum atomic E-state index is 10.7. The summed E-state index contributed by atoms with van der Waals surface area (Å²) in [6, 6.07) is 17.4. The molecule has 0 atom stereocenters. The maximum Gasteiger partial charge on any atom is 0.222 e. The first-order chi connectivity index (χ1) is 8.25. The number of rotatable bonds is 4. The van der Waals surface area contributed by atoms with Crippen molar-refractivity contribution >= 4 is 46.1 Å². The Morgan fingerprint density at radius 1 is 0.889 bits per heavy atom. The van der Waals surface area contributed by atoms with Crippen LogP contribution in [0.5, 0.6) is 0 Å². The standard InChI is InChI=1S/C13H13NO2S.Na/c15-17(16)14-13-9-5-4-8-12(13)10-11-6-2-1-3-7-11;/h1-9,17H,10H2,(H,14,15,16);. The first-order valence-corrected chi connectivity index (χ1v) is 6.46. The summed E-state index contributed by atoms with van der Waals surface area (Å²) in [7, 11) is -2.62. The normalized spacial score (nSPS) is 9.83. The van der Waals surface area contributed by atoms with Crippen molar-refractivity contribution in [3.05, 3.63) is 65.7 Å². The zero-order valence-electron chi connectivity index (χ0n) is 10.2. The Labute approximate surface area is 131 Å². The van der Waals surface area contributed by atoms with Gasteiger partial charge in [-0.05, 0) is 23.6 Å². The van der Waals surface area contributed by atoms with Gasteiger partial charge in [-0.15, -0.1) is 0 Å². The van der Waals surface area contributed by atoms with E-state index in [-0.39, 0.29) is 29.6 Å². The molecule has 0 bridgehead atoms. The van der Waals surface area contributed by atoms with E-state index in [1.54, 1.807) is 6.07 Å². The fourth-order valence-electron chi connectivity index (χ4n) is 1.70. The van der Waals surface area contributed by atoms with Crippen molar-refractivity contribution in [2.24, 2.45) is 0 Å². The Hall–Kier alpha value is -0.810. The van der Waals surface area contributed by atoms with Crippen molar-refractivity contribution in [3.63, 3.8) is 0 Å². The van der Waals surface area contributed by atoms with Crippen LogP contribution in [0.1, 0.15) is 11.1 Å². The molecule has 0 aliphatic heterocycles. The minimum atomic E-state index is -2.62. The average molecular weight is 270 g/mol. The van der Waals surface area contributed by atoms with E-state index in [2.05, 4.69) is 4.72 Å². The second-order valence-corrected chi connectivity index (χ2v) is 4.43. The van der Waals surface area contributed by atoms with E-state index >= 15 is 0 Å². The molecule has 18 heavy (non-hydrogen) atoms. The molecule has 2 aromatic carbocycles. The fourth-order valence-corrected chi connectivity index (χ4v) is 2.11. The van der Waals surface area contributed by atoms with Gasteiger partial charge in [0, 0.05) is 29.6 Å². The molecule has 2 rings (SSSR count). The van der Waals surface area contributed by atoms with E-state index in [1.807, 2.05) is 48.5 Å². The van der Waals surface area contributed by atoms with Crippen LogP contribution in [0.2, 0.25) is 0 Å². The summed E-state index contributed by atoms with van der Waals surface area (Å²) in [5.74, 6) is 0. The fraction of sp³-hybridized carbons (Fsp3) is 0.0769. The molecule has 0 unspecified atom stereocenters. The number of benzene rings is 2. The smallest absolute Gasteiger partial charge is 0.222 e. The molecule has 1 N–H and O–H groups in total. The summed E-state index contributed by atoms with van der Waals surface area (Å²) in [6.45, 7) is 0. The van der Waals surface area contributed by atoms with Crippen LogP contribution >= 0.6 is 0 Å². The van der Waals surface area contributed by atoms with Gasteiger partial charge in [-0.2, -0.15) is 0 Å². The van der Waals surface area contributed by atoms with Gasteiger partial charge in [0.15, 0.2) is 0 Å². The Morgan fingerprint density at radius 3 is 2.17 bits per heavy atom. The SMILES string of the molecule is O=[SH](=O)Nc1ccccc1Cc1ccccc1.[Na].